The molecule has 1 aromatic carbocycles. The van der Waals surface area contributed by atoms with Crippen LogP contribution in [0.2, 0.25) is 0 Å². The molecule has 0 spiro atoms. The Hall–Kier alpha value is -1.92. The van der Waals surface area contributed by atoms with Gasteiger partial charge in [0.15, 0.2) is 5.82 Å². The smallest absolute Gasteiger partial charge is 0.261 e. The van der Waals surface area contributed by atoms with Crippen LogP contribution in [0.1, 0.15) is 10.4 Å². The predicted octanol–water partition coefficient (Wildman–Crippen LogP) is 2.41. The molecule has 0 fully saturated rings. The van der Waals surface area contributed by atoms with Crippen LogP contribution in [0.3, 0.4) is 0 Å². The molecule has 1 aromatic heterocycles. The maximum absolute atomic E-state index is 12.4. The number of nitrogen functional groups attached to an aromatic ring is 1. The Balaban J connectivity index is 2.37. The van der Waals surface area contributed by atoms with E-state index in [4.69, 9.17) is 5.84 Å². The first kappa shape index (κ1) is 13.5. The van der Waals surface area contributed by atoms with Gasteiger partial charge in [-0.25, -0.2) is 10.8 Å². The minimum absolute atomic E-state index is 0.187. The van der Waals surface area contributed by atoms with Crippen LogP contribution in [-0.2, 0) is 0 Å². The summed E-state index contributed by atoms with van der Waals surface area (Å²) in [5, 5.41) is 0. The molecule has 5 nitrogen and oxygen atoms in total. The summed E-state index contributed by atoms with van der Waals surface area (Å²) < 4.78 is 0.719. The van der Waals surface area contributed by atoms with E-state index in [1.54, 1.807) is 24.2 Å². The number of hydrogen-bond donors (Lipinski definition) is 2. The molecule has 0 bridgehead atoms. The highest BCUT2D eigenvalue weighted by molar-refractivity contribution is 9.10. The molecule has 0 aliphatic carbocycles. The van der Waals surface area contributed by atoms with Gasteiger partial charge in [-0.3, -0.25) is 4.79 Å². The average Bonchev–Trinajstić information content (AvgIpc) is 2.46. The van der Waals surface area contributed by atoms with E-state index in [0.29, 0.717) is 11.4 Å². The minimum atomic E-state index is -0.187. The number of rotatable bonds is 3. The van der Waals surface area contributed by atoms with Gasteiger partial charge in [0.05, 0.1) is 5.56 Å². The maximum Gasteiger partial charge on any atom is 0.261 e. The number of anilines is 2. The number of nitrogens with two attached hydrogens (primary N) is 1. The van der Waals surface area contributed by atoms with Gasteiger partial charge < -0.3 is 10.3 Å². The van der Waals surface area contributed by atoms with Crippen LogP contribution in [-0.4, -0.2) is 17.9 Å². The molecule has 0 aliphatic rings. The standard InChI is InChI=1S/C13H13BrN4O/c1-18(10-5-3-2-4-6-10)13(19)11-7-9(14)8-16-12(11)17-15/h2-8H,15H2,1H3,(H,16,17). The van der Waals surface area contributed by atoms with E-state index in [2.05, 4.69) is 26.3 Å². The normalized spacial score (nSPS) is 10.1. The van der Waals surface area contributed by atoms with E-state index in [9.17, 15) is 4.79 Å². The SMILES string of the molecule is CN(C(=O)c1cc(Br)cnc1NN)c1ccccc1. The Kier molecular flexibility index (Phi) is 4.13. The van der Waals surface area contributed by atoms with Crippen molar-refractivity contribution in [2.24, 2.45) is 5.84 Å². The Morgan fingerprint density at radius 3 is 2.68 bits per heavy atom. The van der Waals surface area contributed by atoms with Gasteiger partial charge >= 0.3 is 0 Å². The Morgan fingerprint density at radius 1 is 1.37 bits per heavy atom. The topological polar surface area (TPSA) is 71.2 Å². The summed E-state index contributed by atoms with van der Waals surface area (Å²) in [6, 6.07) is 11.1. The van der Waals surface area contributed by atoms with Crippen LogP contribution in [0, 0.1) is 0 Å². The fourth-order valence-electron chi connectivity index (χ4n) is 1.67. The van der Waals surface area contributed by atoms with Crippen LogP contribution in [0.4, 0.5) is 11.5 Å². The van der Waals surface area contributed by atoms with Crippen molar-refractivity contribution in [1.29, 1.82) is 0 Å². The molecule has 0 unspecified atom stereocenters. The molecule has 98 valence electrons. The van der Waals surface area contributed by atoms with Crippen LogP contribution in [0.15, 0.2) is 47.1 Å². The van der Waals surface area contributed by atoms with Crippen molar-refractivity contribution in [1.82, 2.24) is 4.98 Å². The van der Waals surface area contributed by atoms with Gasteiger partial charge in [0, 0.05) is 23.4 Å². The summed E-state index contributed by atoms with van der Waals surface area (Å²) >= 11 is 3.30. The molecule has 3 N–H and O–H groups in total. The number of benzene rings is 1. The lowest BCUT2D eigenvalue weighted by molar-refractivity contribution is 0.0993. The second-order valence-electron chi connectivity index (χ2n) is 3.89. The number of hydrazine groups is 1. The van der Waals surface area contributed by atoms with Gasteiger partial charge in [-0.15, -0.1) is 0 Å². The van der Waals surface area contributed by atoms with E-state index in [1.807, 2.05) is 30.3 Å². The van der Waals surface area contributed by atoms with E-state index in [1.165, 1.54) is 0 Å². The minimum Gasteiger partial charge on any atom is -0.311 e. The molecule has 2 aromatic rings. The number of carbonyl (C=O) groups is 1. The second kappa shape index (κ2) is 5.81. The number of nitrogens with one attached hydrogen (secondary N) is 1. The number of pyridine rings is 1. The molecule has 19 heavy (non-hydrogen) atoms. The zero-order chi connectivity index (χ0) is 13.8. The Bertz CT molecular complexity index is 588. The second-order valence-corrected chi connectivity index (χ2v) is 4.81. The molecule has 0 saturated heterocycles. The van der Waals surface area contributed by atoms with Crippen molar-refractivity contribution in [2.75, 3.05) is 17.4 Å². The Labute approximate surface area is 119 Å². The summed E-state index contributed by atoms with van der Waals surface area (Å²) in [6.45, 7) is 0. The molecule has 0 radical (unpaired) electrons. The molecule has 1 heterocycles. The monoisotopic (exact) mass is 320 g/mol. The Morgan fingerprint density at radius 2 is 2.05 bits per heavy atom. The molecule has 0 atom stereocenters. The van der Waals surface area contributed by atoms with Crippen LogP contribution in [0.25, 0.3) is 0 Å². The number of para-hydroxylation sites is 1. The summed E-state index contributed by atoms with van der Waals surface area (Å²) in [5.74, 6) is 5.54. The third-order valence-electron chi connectivity index (χ3n) is 2.67. The van der Waals surface area contributed by atoms with Crippen molar-refractivity contribution in [3.63, 3.8) is 0 Å². The predicted molar refractivity (Wildman–Crippen MR) is 78.9 cm³/mol. The van der Waals surface area contributed by atoms with Crippen LogP contribution in [0.5, 0.6) is 0 Å². The lowest BCUT2D eigenvalue weighted by atomic mass is 10.2. The van der Waals surface area contributed by atoms with Crippen molar-refractivity contribution < 1.29 is 4.79 Å². The number of carbonyl (C=O) groups excluding carboxylic acids is 1. The number of aromatic nitrogens is 1. The van der Waals surface area contributed by atoms with Gasteiger partial charge in [0.2, 0.25) is 0 Å². The van der Waals surface area contributed by atoms with Crippen molar-refractivity contribution in [3.8, 4) is 0 Å². The highest BCUT2D eigenvalue weighted by Gasteiger charge is 2.18. The zero-order valence-electron chi connectivity index (χ0n) is 10.3. The molecule has 0 saturated carbocycles. The number of nitrogens with zero attached hydrogens (tertiary/aromatic N) is 2. The van der Waals surface area contributed by atoms with Gasteiger partial charge in [0.1, 0.15) is 0 Å². The fourth-order valence-corrected chi connectivity index (χ4v) is 2.00. The molecular formula is C13H13BrN4O. The molecule has 6 heteroatoms. The number of hydrogen-bond acceptors (Lipinski definition) is 4. The first-order chi connectivity index (χ1) is 9.13. The van der Waals surface area contributed by atoms with Gasteiger partial charge in [-0.1, -0.05) is 18.2 Å². The first-order valence-corrected chi connectivity index (χ1v) is 6.38. The number of halogens is 1. The highest BCUT2D eigenvalue weighted by atomic mass is 79.9. The number of amides is 1. The van der Waals surface area contributed by atoms with Gasteiger partial charge in [-0.05, 0) is 34.1 Å². The quantitative estimate of drug-likeness (QED) is 0.673. The van der Waals surface area contributed by atoms with E-state index in [-0.39, 0.29) is 5.91 Å². The van der Waals surface area contributed by atoms with E-state index >= 15 is 0 Å². The van der Waals surface area contributed by atoms with Gasteiger partial charge in [-0.2, -0.15) is 0 Å². The third kappa shape index (κ3) is 2.91. The summed E-state index contributed by atoms with van der Waals surface area (Å²) in [6.07, 6.45) is 1.58. The molecular weight excluding hydrogens is 308 g/mol. The maximum atomic E-state index is 12.4. The summed E-state index contributed by atoms with van der Waals surface area (Å²) in [4.78, 5) is 18.1. The lowest BCUT2D eigenvalue weighted by Gasteiger charge is -2.18. The van der Waals surface area contributed by atoms with Crippen LogP contribution >= 0.6 is 15.9 Å². The first-order valence-electron chi connectivity index (χ1n) is 5.58. The third-order valence-corrected chi connectivity index (χ3v) is 3.10. The van der Waals surface area contributed by atoms with E-state index < -0.39 is 0 Å². The summed E-state index contributed by atoms with van der Waals surface area (Å²) in [5.41, 5.74) is 3.64. The van der Waals surface area contributed by atoms with Crippen molar-refractivity contribution >= 4 is 33.3 Å². The van der Waals surface area contributed by atoms with Crippen LogP contribution < -0.4 is 16.2 Å². The lowest BCUT2D eigenvalue weighted by Crippen LogP contribution is -2.28. The van der Waals surface area contributed by atoms with Crippen molar-refractivity contribution in [2.45, 2.75) is 0 Å². The van der Waals surface area contributed by atoms with Crippen molar-refractivity contribution in [3.05, 3.63) is 52.6 Å². The summed E-state index contributed by atoms with van der Waals surface area (Å²) in [7, 11) is 1.71. The molecule has 0 aliphatic heterocycles. The highest BCUT2D eigenvalue weighted by Crippen LogP contribution is 2.21. The average molecular weight is 321 g/mol. The molecule has 2 rings (SSSR count). The largest absolute Gasteiger partial charge is 0.311 e. The zero-order valence-corrected chi connectivity index (χ0v) is 11.9. The fraction of sp³-hybridized carbons (Fsp3) is 0.0769. The van der Waals surface area contributed by atoms with Gasteiger partial charge in [0.25, 0.3) is 5.91 Å². The molecule has 1 amide bonds. The van der Waals surface area contributed by atoms with E-state index in [0.717, 1.165) is 10.2 Å².